The van der Waals surface area contributed by atoms with Crippen molar-refractivity contribution in [2.45, 2.75) is 260 Å². The second kappa shape index (κ2) is 34.3. The zero-order valence-corrected chi connectivity index (χ0v) is 51.4. The van der Waals surface area contributed by atoms with Gasteiger partial charge in [0.2, 0.25) is 17.7 Å². The van der Waals surface area contributed by atoms with E-state index < -0.39 is 310 Å². The summed E-state index contributed by atoms with van der Waals surface area (Å²) < 4.78 is 89.0. The van der Waals surface area contributed by atoms with E-state index in [1.54, 1.807) is 0 Å². The molecule has 0 aromatic rings. The molecule has 39 atom stereocenters. The number of amides is 3. The average molecular weight is 1410 g/mol. The van der Waals surface area contributed by atoms with E-state index in [9.17, 15) is 127 Å². The number of carbonyl (C=O) groups is 3. The maximum atomic E-state index is 13.0. The summed E-state index contributed by atoms with van der Waals surface area (Å²) in [7, 11) is 0. The maximum absolute atomic E-state index is 13.0. The predicted octanol–water partition coefficient (Wildman–Crippen LogP) is -17.4. The van der Waals surface area contributed by atoms with Gasteiger partial charge >= 0.3 is 0 Å². The minimum atomic E-state index is -2.43. The Morgan fingerprint density at radius 1 is 0.271 bits per heavy atom. The van der Waals surface area contributed by atoms with Crippen molar-refractivity contribution in [3.8, 4) is 0 Å². The van der Waals surface area contributed by atoms with Crippen LogP contribution in [0, 0.1) is 0 Å². The van der Waals surface area contributed by atoms with Gasteiger partial charge in [0.15, 0.2) is 50.3 Å². The molecule has 8 saturated heterocycles. The number of aliphatic hydroxyl groups is 22. The Morgan fingerprint density at radius 3 is 1.11 bits per heavy atom. The highest BCUT2D eigenvalue weighted by atomic mass is 16.8. The molecule has 0 aromatic heterocycles. The van der Waals surface area contributed by atoms with Crippen LogP contribution in [0.25, 0.3) is 0 Å². The van der Waals surface area contributed by atoms with Crippen molar-refractivity contribution >= 4 is 17.7 Å². The summed E-state index contributed by atoms with van der Waals surface area (Å²) in [4.78, 5) is 37.6. The third kappa shape index (κ3) is 17.0. The van der Waals surface area contributed by atoms with Crippen molar-refractivity contribution in [1.29, 1.82) is 0 Å². The summed E-state index contributed by atoms with van der Waals surface area (Å²) in [5.74, 6) is -2.58. The number of aliphatic hydroxyl groups excluding tert-OH is 22. The minimum absolute atomic E-state index is 0.776. The van der Waals surface area contributed by atoms with Crippen LogP contribution >= 0.6 is 0 Å². The van der Waals surface area contributed by atoms with E-state index in [0.29, 0.717) is 0 Å². The molecule has 8 fully saturated rings. The Morgan fingerprint density at radius 2 is 0.594 bits per heavy atom. The van der Waals surface area contributed by atoms with E-state index in [0.717, 1.165) is 20.8 Å². The van der Waals surface area contributed by atoms with Crippen molar-refractivity contribution in [2.24, 2.45) is 0 Å². The number of carbonyl (C=O) groups excluding carboxylic acids is 3. The molecule has 0 aliphatic carbocycles. The Labute approximate surface area is 543 Å². The molecule has 43 heteroatoms. The lowest BCUT2D eigenvalue weighted by Gasteiger charge is -2.51. The summed E-state index contributed by atoms with van der Waals surface area (Å²) in [6.07, 6.45) is -74.0. The summed E-state index contributed by atoms with van der Waals surface area (Å²) in [5.41, 5.74) is 0. The van der Waals surface area contributed by atoms with Crippen molar-refractivity contribution in [2.75, 3.05) is 52.9 Å². The first-order valence-corrected chi connectivity index (χ1v) is 30.5. The lowest BCUT2D eigenvalue weighted by Crippen LogP contribution is -2.71. The third-order valence-corrected chi connectivity index (χ3v) is 17.5. The lowest BCUT2D eigenvalue weighted by atomic mass is 9.93. The largest absolute Gasteiger partial charge is 0.394 e. The first-order chi connectivity index (χ1) is 45.5. The van der Waals surface area contributed by atoms with Crippen molar-refractivity contribution in [3.05, 3.63) is 0 Å². The maximum Gasteiger partial charge on any atom is 0.217 e. The van der Waals surface area contributed by atoms with Gasteiger partial charge in [-0.25, -0.2) is 0 Å². The van der Waals surface area contributed by atoms with Crippen LogP contribution in [0.4, 0.5) is 0 Å². The third-order valence-electron chi connectivity index (χ3n) is 17.5. The molecular formula is C53H89N3O40. The Bertz CT molecular complexity index is 2460. The lowest BCUT2D eigenvalue weighted by molar-refractivity contribution is -0.406. The highest BCUT2D eigenvalue weighted by Gasteiger charge is 2.61. The van der Waals surface area contributed by atoms with E-state index in [-0.39, 0.29) is 0 Å². The molecule has 25 N–H and O–H groups in total. The molecule has 8 rings (SSSR count). The van der Waals surface area contributed by atoms with Crippen LogP contribution in [0.15, 0.2) is 0 Å². The van der Waals surface area contributed by atoms with Crippen molar-refractivity contribution in [1.82, 2.24) is 16.0 Å². The highest BCUT2D eigenvalue weighted by molar-refractivity contribution is 5.74. The fourth-order valence-corrected chi connectivity index (χ4v) is 12.3. The zero-order chi connectivity index (χ0) is 70.6. The fourth-order valence-electron chi connectivity index (χ4n) is 12.3. The number of hydrogen-bond donors (Lipinski definition) is 25. The molecule has 556 valence electrons. The number of nitrogens with one attached hydrogen (secondary N) is 3. The van der Waals surface area contributed by atoms with Crippen LogP contribution in [-0.4, -0.2) is 422 Å². The summed E-state index contributed by atoms with van der Waals surface area (Å²) >= 11 is 0. The quantitative estimate of drug-likeness (QED) is 0.0404. The number of rotatable bonds is 25. The Balaban J connectivity index is 1.20. The molecule has 8 aliphatic rings. The Hall–Kier alpha value is -3.07. The molecule has 0 aromatic carbocycles. The van der Waals surface area contributed by atoms with Gasteiger partial charge in [-0.05, 0) is 0 Å². The molecule has 0 radical (unpaired) electrons. The standard InChI is InChI=1S/C53H89N3O40/c1-12(64)54-23-33(74)40(20(9-62)83-46(23)81)91-48-25(56-14(3)66)34(75)41(21(10-63)89-48)92-53-45(96-50-37(78)29(70)18(7-60)87-50)43(94-52-44(36(77)28(69)17(6-59)88-52)95-47-24(55-13(2)65)32(73)26(67)15(4-57)84-47)31(72)22(90-53)11-82-49-39(80)42(30(71)19(8-61)85-49)93-51-38(79)35(76)27(68)16(5-58)86-51/h15-53,57-63,67-81H,4-11H2,1-3H3,(H,54,64)(H,55,65)(H,56,66)/t15-,16-,17-,18-,19-,20-,21-,22-,23-,24-,25-,26-,27-,28-,29+,30-,31-,32-,33-,34-,35+,36+,37-,38+,39+,40-,41-,42+,43+,44+,45+,46?,47+,48+,49+,50+,51-,52-,53+/m1/s1. The number of hydrogen-bond acceptors (Lipinski definition) is 40. The van der Waals surface area contributed by atoms with Gasteiger partial charge in [0.05, 0.1) is 52.9 Å². The van der Waals surface area contributed by atoms with E-state index in [4.69, 9.17) is 71.1 Å². The van der Waals surface area contributed by atoms with Gasteiger partial charge in [0.1, 0.15) is 189 Å². The first-order valence-electron chi connectivity index (χ1n) is 30.5. The number of ether oxygens (including phenoxy) is 15. The molecule has 0 spiro atoms. The predicted molar refractivity (Wildman–Crippen MR) is 293 cm³/mol. The van der Waals surface area contributed by atoms with Crippen LogP contribution in [0.2, 0.25) is 0 Å². The average Bonchev–Trinajstić information content (AvgIpc) is 0.965. The van der Waals surface area contributed by atoms with Gasteiger partial charge in [-0.2, -0.15) is 0 Å². The summed E-state index contributed by atoms with van der Waals surface area (Å²) in [6, 6.07) is -5.35. The van der Waals surface area contributed by atoms with Crippen LogP contribution < -0.4 is 16.0 Å². The smallest absolute Gasteiger partial charge is 0.217 e. The van der Waals surface area contributed by atoms with Gasteiger partial charge in [-0.3, -0.25) is 14.4 Å². The molecule has 3 amide bonds. The molecule has 1 unspecified atom stereocenters. The second-order valence-electron chi connectivity index (χ2n) is 24.1. The molecule has 43 nitrogen and oxygen atoms in total. The normalized spacial score (nSPS) is 49.4. The molecule has 96 heavy (non-hydrogen) atoms. The molecule has 8 heterocycles. The molecule has 0 saturated carbocycles. The van der Waals surface area contributed by atoms with Crippen LogP contribution in [0.1, 0.15) is 20.8 Å². The second-order valence-corrected chi connectivity index (χ2v) is 24.1. The molecule has 0 bridgehead atoms. The van der Waals surface area contributed by atoms with E-state index in [1.807, 2.05) is 0 Å². The first kappa shape index (κ1) is 78.6. The van der Waals surface area contributed by atoms with Gasteiger partial charge in [-0.15, -0.1) is 0 Å². The van der Waals surface area contributed by atoms with Crippen molar-refractivity contribution < 1.29 is 198 Å². The van der Waals surface area contributed by atoms with Crippen molar-refractivity contribution in [3.63, 3.8) is 0 Å². The topological polar surface area (TPSA) is 671 Å². The van der Waals surface area contributed by atoms with Gasteiger partial charge in [0.25, 0.3) is 0 Å². The van der Waals surface area contributed by atoms with Crippen LogP contribution in [0.3, 0.4) is 0 Å². The van der Waals surface area contributed by atoms with Gasteiger partial charge in [-0.1, -0.05) is 0 Å². The van der Waals surface area contributed by atoms with Crippen LogP contribution in [-0.2, 0) is 85.4 Å². The fraction of sp³-hybridized carbons (Fsp3) is 0.943. The van der Waals surface area contributed by atoms with Gasteiger partial charge < -0.3 is 199 Å². The van der Waals surface area contributed by atoms with E-state index in [1.165, 1.54) is 0 Å². The molecular weight excluding hydrogens is 1320 g/mol. The zero-order valence-electron chi connectivity index (χ0n) is 51.4. The van der Waals surface area contributed by atoms with Crippen LogP contribution in [0.5, 0.6) is 0 Å². The SMILES string of the molecule is CC(=O)N[C@H]1[C@H](O[C@H]2[C@H](O)[C@@H](NC(C)=O)C(O)O[C@@H]2CO)O[C@H](CO)[C@@H](O[C@@H]2O[C@H](CO[C@H]3O[C@H](CO)[C@@H](O)[C@H](O[C@H]4O[C@H](CO)[C@@H](O)[C@H](O)[C@@H]4O)[C@@H]3O)[C@@H](O)[C@H](O[C@H]3O[C@H](CO)[C@@H](O)[C@H](O)[C@@H]3O[C@@H]3O[C@H](CO)[C@@H](O)[C@H](O)[C@H]3NC(C)=O)[C@@H]2O[C@@H]2O[C@H](CO)[C@H](O)[C@H]2O)[C@@H]1O. The molecule has 8 aliphatic heterocycles. The monoisotopic (exact) mass is 1410 g/mol. The van der Waals surface area contributed by atoms with E-state index in [2.05, 4.69) is 16.0 Å². The summed E-state index contributed by atoms with van der Waals surface area (Å²) in [6.45, 7) is -5.53. The Kier molecular flexibility index (Phi) is 28.1. The van der Waals surface area contributed by atoms with Gasteiger partial charge in [0, 0.05) is 20.8 Å². The summed E-state index contributed by atoms with van der Waals surface area (Å²) in [5, 5.41) is 249. The van der Waals surface area contributed by atoms with E-state index >= 15 is 0 Å². The highest BCUT2D eigenvalue weighted by Crippen LogP contribution is 2.40. The minimum Gasteiger partial charge on any atom is -0.394 e.